The first-order chi connectivity index (χ1) is 15.0. The third-order valence-corrected chi connectivity index (χ3v) is 4.94. The van der Waals surface area contributed by atoms with Crippen molar-refractivity contribution in [3.05, 3.63) is 77.4 Å². The number of hydrogen-bond donors (Lipinski definition) is 2. The molecule has 0 aliphatic rings. The summed E-state index contributed by atoms with van der Waals surface area (Å²) >= 11 is 0. The highest BCUT2D eigenvalue weighted by Crippen LogP contribution is 2.30. The zero-order chi connectivity index (χ0) is 23.9. The molecule has 164 valence electrons. The lowest BCUT2D eigenvalue weighted by molar-refractivity contribution is 0.0693. The predicted molar refractivity (Wildman–Crippen MR) is 118 cm³/mol. The van der Waals surface area contributed by atoms with Gasteiger partial charge in [-0.05, 0) is 56.5 Å². The highest BCUT2D eigenvalue weighted by Gasteiger charge is 2.26. The molecule has 0 spiro atoms. The Labute approximate surface area is 187 Å². The highest BCUT2D eigenvalue weighted by atomic mass is 16.4. The van der Waals surface area contributed by atoms with E-state index in [9.17, 15) is 15.3 Å². The Bertz CT molecular complexity index is 1120. The van der Waals surface area contributed by atoms with Crippen molar-refractivity contribution in [2.45, 2.75) is 45.1 Å². The average Bonchev–Trinajstić information content (AvgIpc) is 3.27. The molecule has 0 saturated heterocycles. The van der Waals surface area contributed by atoms with Gasteiger partial charge < -0.3 is 10.2 Å². The quantitative estimate of drug-likeness (QED) is 0.622. The summed E-state index contributed by atoms with van der Waals surface area (Å²) < 4.78 is 1.72. The van der Waals surface area contributed by atoms with E-state index in [1.165, 1.54) is 18.5 Å². The molecular weight excluding hydrogens is 406 g/mol. The van der Waals surface area contributed by atoms with Crippen LogP contribution in [0.4, 0.5) is 0 Å². The van der Waals surface area contributed by atoms with E-state index in [1.54, 1.807) is 23.1 Å². The number of para-hydroxylation sites is 1. The molecule has 8 nitrogen and oxygen atoms in total. The van der Waals surface area contributed by atoms with Crippen LogP contribution in [0.3, 0.4) is 0 Å². The molecule has 0 fully saturated rings. The highest BCUT2D eigenvalue weighted by molar-refractivity contribution is 5.90. The molecule has 0 bridgehead atoms. The molecule has 0 atom stereocenters. The van der Waals surface area contributed by atoms with Crippen molar-refractivity contribution in [1.82, 2.24) is 14.8 Å². The number of phenols is 1. The van der Waals surface area contributed by atoms with Gasteiger partial charge in [-0.3, -0.25) is 0 Å². The molecule has 0 amide bonds. The Balaban J connectivity index is 0.000000303. The van der Waals surface area contributed by atoms with Crippen LogP contribution in [0.1, 0.15) is 54.7 Å². The molecule has 2 N–H and O–H groups in total. The van der Waals surface area contributed by atoms with Crippen molar-refractivity contribution in [1.29, 1.82) is 10.5 Å². The van der Waals surface area contributed by atoms with Gasteiger partial charge in [0.1, 0.15) is 24.0 Å². The van der Waals surface area contributed by atoms with E-state index < -0.39 is 16.8 Å². The lowest BCUT2D eigenvalue weighted by atomic mass is 9.79. The maximum Gasteiger partial charge on any atom is 0.339 e. The van der Waals surface area contributed by atoms with E-state index in [2.05, 4.69) is 22.2 Å². The molecule has 1 heterocycles. The second kappa shape index (κ2) is 9.76. The SMILES string of the molecule is CC(C)(C#N)c1cc(Cn2cncn2)cc(C(C)(C)C#N)c1.O=C(O)c1ccccc1O. The number of nitriles is 2. The Morgan fingerprint density at radius 3 is 2.00 bits per heavy atom. The summed E-state index contributed by atoms with van der Waals surface area (Å²) in [5, 5.41) is 40.2. The number of aromatic carboxylic acids is 1. The fourth-order valence-electron chi connectivity index (χ4n) is 2.79. The summed E-state index contributed by atoms with van der Waals surface area (Å²) in [7, 11) is 0. The van der Waals surface area contributed by atoms with Gasteiger partial charge in [0.05, 0.1) is 29.5 Å². The number of aromatic nitrogens is 3. The maximum atomic E-state index is 10.3. The third-order valence-electron chi connectivity index (χ3n) is 4.94. The van der Waals surface area contributed by atoms with Gasteiger partial charge in [-0.2, -0.15) is 15.6 Å². The smallest absolute Gasteiger partial charge is 0.339 e. The topological polar surface area (TPSA) is 136 Å². The van der Waals surface area contributed by atoms with Crippen LogP contribution in [0.5, 0.6) is 5.75 Å². The summed E-state index contributed by atoms with van der Waals surface area (Å²) in [5.41, 5.74) is 1.53. The van der Waals surface area contributed by atoms with Gasteiger partial charge in [-0.1, -0.05) is 30.3 Å². The standard InChI is InChI=1S/C17H19N5.C7H6O3/c1-16(2,9-18)14-5-13(8-22-12-20-11-21-22)6-15(7-14)17(3,4)10-19;8-6-4-2-1-3-5(6)7(9)10/h5-7,11-12H,8H2,1-4H3;1-4,8H,(H,9,10). The van der Waals surface area contributed by atoms with E-state index in [4.69, 9.17) is 10.2 Å². The first-order valence-corrected chi connectivity index (χ1v) is 9.81. The number of carbonyl (C=O) groups is 1. The molecule has 32 heavy (non-hydrogen) atoms. The zero-order valence-corrected chi connectivity index (χ0v) is 18.4. The molecule has 0 saturated carbocycles. The molecule has 8 heteroatoms. The lowest BCUT2D eigenvalue weighted by Crippen LogP contribution is -2.20. The molecule has 2 aromatic carbocycles. The minimum absolute atomic E-state index is 0.0671. The zero-order valence-electron chi connectivity index (χ0n) is 18.4. The van der Waals surface area contributed by atoms with Crippen LogP contribution in [-0.4, -0.2) is 30.9 Å². The van der Waals surface area contributed by atoms with Crippen molar-refractivity contribution in [2.24, 2.45) is 0 Å². The fourth-order valence-corrected chi connectivity index (χ4v) is 2.79. The van der Waals surface area contributed by atoms with Gasteiger partial charge in [0.15, 0.2) is 0 Å². The minimum Gasteiger partial charge on any atom is -0.507 e. The second-order valence-corrected chi connectivity index (χ2v) is 8.31. The number of carboxylic acid groups (broad SMARTS) is 1. The van der Waals surface area contributed by atoms with E-state index in [1.807, 2.05) is 45.9 Å². The van der Waals surface area contributed by atoms with E-state index in [0.29, 0.717) is 6.54 Å². The molecule has 1 aromatic heterocycles. The third kappa shape index (κ3) is 5.93. The summed E-state index contributed by atoms with van der Waals surface area (Å²) in [5.74, 6) is -1.31. The predicted octanol–water partition coefficient (Wildman–Crippen LogP) is 4.02. The monoisotopic (exact) mass is 431 g/mol. The van der Waals surface area contributed by atoms with Gasteiger partial charge in [-0.15, -0.1) is 0 Å². The molecule has 0 unspecified atom stereocenters. The van der Waals surface area contributed by atoms with Crippen molar-refractivity contribution in [2.75, 3.05) is 0 Å². The fraction of sp³-hybridized carbons (Fsp3) is 0.292. The Hall–Kier alpha value is -4.17. The molecule has 0 aliphatic heterocycles. The van der Waals surface area contributed by atoms with Crippen LogP contribution in [0.25, 0.3) is 0 Å². The number of benzene rings is 2. The summed E-state index contributed by atoms with van der Waals surface area (Å²) in [6, 6.07) is 16.4. The van der Waals surface area contributed by atoms with E-state index in [-0.39, 0.29) is 11.3 Å². The van der Waals surface area contributed by atoms with Crippen LogP contribution in [0.15, 0.2) is 55.1 Å². The molecule has 3 rings (SSSR count). The molecule has 0 radical (unpaired) electrons. The van der Waals surface area contributed by atoms with E-state index >= 15 is 0 Å². The normalized spacial score (nSPS) is 10.9. The molecule has 0 aliphatic carbocycles. The van der Waals surface area contributed by atoms with Gasteiger partial charge >= 0.3 is 5.97 Å². The van der Waals surface area contributed by atoms with Crippen molar-refractivity contribution >= 4 is 5.97 Å². The van der Waals surface area contributed by atoms with Crippen LogP contribution >= 0.6 is 0 Å². The van der Waals surface area contributed by atoms with Crippen molar-refractivity contribution < 1.29 is 15.0 Å². The van der Waals surface area contributed by atoms with Crippen LogP contribution in [0.2, 0.25) is 0 Å². The number of nitrogens with zero attached hydrogens (tertiary/aromatic N) is 5. The first kappa shape index (κ1) is 24.1. The summed E-state index contributed by atoms with van der Waals surface area (Å²) in [6.45, 7) is 8.08. The average molecular weight is 431 g/mol. The van der Waals surface area contributed by atoms with E-state index in [0.717, 1.165) is 16.7 Å². The van der Waals surface area contributed by atoms with Crippen LogP contribution < -0.4 is 0 Å². The van der Waals surface area contributed by atoms with Gasteiger partial charge in [-0.25, -0.2) is 14.5 Å². The largest absolute Gasteiger partial charge is 0.507 e. The van der Waals surface area contributed by atoms with Crippen LogP contribution in [0, 0.1) is 22.7 Å². The molecule has 3 aromatic rings. The van der Waals surface area contributed by atoms with Gasteiger partial charge in [0, 0.05) is 0 Å². The van der Waals surface area contributed by atoms with Crippen LogP contribution in [-0.2, 0) is 17.4 Å². The summed E-state index contributed by atoms with van der Waals surface area (Å²) in [4.78, 5) is 14.2. The minimum atomic E-state index is -1.11. The number of aromatic hydroxyl groups is 1. The van der Waals surface area contributed by atoms with Gasteiger partial charge in [0.25, 0.3) is 0 Å². The number of rotatable bonds is 5. The lowest BCUT2D eigenvalue weighted by Gasteiger charge is -2.23. The Morgan fingerprint density at radius 1 is 1.03 bits per heavy atom. The number of carboxylic acids is 1. The maximum absolute atomic E-state index is 10.3. The van der Waals surface area contributed by atoms with Crippen molar-refractivity contribution in [3.8, 4) is 17.9 Å². The Kier molecular flexibility index (Phi) is 7.35. The summed E-state index contributed by atoms with van der Waals surface area (Å²) in [6.07, 6.45) is 3.14. The first-order valence-electron chi connectivity index (χ1n) is 9.81. The van der Waals surface area contributed by atoms with Gasteiger partial charge in [0.2, 0.25) is 0 Å². The second-order valence-electron chi connectivity index (χ2n) is 8.31. The van der Waals surface area contributed by atoms with Crippen molar-refractivity contribution in [3.63, 3.8) is 0 Å². The Morgan fingerprint density at radius 2 is 1.59 bits per heavy atom. The number of hydrogen-bond acceptors (Lipinski definition) is 6. The molecular formula is C24H25N5O3.